The number of hydrogen-bond acceptors (Lipinski definition) is 3. The van der Waals surface area contributed by atoms with Gasteiger partial charge in [-0.25, -0.2) is 9.18 Å². The van der Waals surface area contributed by atoms with E-state index in [0.29, 0.717) is 24.5 Å². The fourth-order valence-corrected chi connectivity index (χ4v) is 5.11. The SMILES string of the molecule is O=C(Nc1ccc(F)c(Cl)c1)N1CCS(=O)C(c2cccs2)C1. The van der Waals surface area contributed by atoms with E-state index in [1.807, 2.05) is 17.5 Å². The molecule has 2 unspecified atom stereocenters. The van der Waals surface area contributed by atoms with Crippen LogP contribution in [0.15, 0.2) is 35.7 Å². The zero-order valence-electron chi connectivity index (χ0n) is 12.0. The number of urea groups is 1. The Morgan fingerprint density at radius 3 is 2.96 bits per heavy atom. The molecule has 23 heavy (non-hydrogen) atoms. The van der Waals surface area contributed by atoms with Gasteiger partial charge in [-0.3, -0.25) is 4.21 Å². The molecule has 2 heterocycles. The number of anilines is 1. The first kappa shape index (κ1) is 16.4. The molecular weight excluding hydrogens is 359 g/mol. The van der Waals surface area contributed by atoms with Gasteiger partial charge in [0.05, 0.1) is 10.3 Å². The van der Waals surface area contributed by atoms with Crippen molar-refractivity contribution in [2.24, 2.45) is 0 Å². The molecule has 1 aromatic carbocycles. The van der Waals surface area contributed by atoms with Crippen LogP contribution in [0.1, 0.15) is 10.1 Å². The average Bonchev–Trinajstić information content (AvgIpc) is 3.05. The van der Waals surface area contributed by atoms with Crippen molar-refractivity contribution in [3.8, 4) is 0 Å². The molecule has 8 heteroatoms. The van der Waals surface area contributed by atoms with Crippen molar-refractivity contribution in [3.63, 3.8) is 0 Å². The highest BCUT2D eigenvalue weighted by Gasteiger charge is 2.30. The summed E-state index contributed by atoms with van der Waals surface area (Å²) in [6, 6.07) is 7.58. The molecule has 0 spiro atoms. The van der Waals surface area contributed by atoms with Crippen LogP contribution in [0, 0.1) is 5.82 Å². The molecule has 1 aliphatic rings. The van der Waals surface area contributed by atoms with Gasteiger partial charge in [-0.05, 0) is 29.6 Å². The zero-order chi connectivity index (χ0) is 16.4. The van der Waals surface area contributed by atoms with Crippen molar-refractivity contribution in [2.45, 2.75) is 5.25 Å². The molecule has 3 rings (SSSR count). The van der Waals surface area contributed by atoms with Gasteiger partial charge in [0.15, 0.2) is 0 Å². The lowest BCUT2D eigenvalue weighted by molar-refractivity contribution is 0.213. The third-order valence-corrected chi connectivity index (χ3v) is 6.63. The molecule has 0 radical (unpaired) electrons. The van der Waals surface area contributed by atoms with Crippen molar-refractivity contribution < 1.29 is 13.4 Å². The fourth-order valence-electron chi connectivity index (χ4n) is 2.37. The van der Waals surface area contributed by atoms with Crippen LogP contribution in [0.4, 0.5) is 14.9 Å². The van der Waals surface area contributed by atoms with Gasteiger partial charge in [0.1, 0.15) is 5.82 Å². The standard InChI is InChI=1S/C15H14ClFN2O2S2/c16-11-8-10(3-4-12(11)17)18-15(20)19-5-7-23(21)14(9-19)13-2-1-6-22-13/h1-4,6,8,14H,5,7,9H2,(H,18,20). The summed E-state index contributed by atoms with van der Waals surface area (Å²) < 4.78 is 25.4. The van der Waals surface area contributed by atoms with E-state index in [0.717, 1.165) is 4.88 Å². The Morgan fingerprint density at radius 2 is 2.26 bits per heavy atom. The van der Waals surface area contributed by atoms with Crippen LogP contribution in [0.2, 0.25) is 5.02 Å². The van der Waals surface area contributed by atoms with E-state index in [1.165, 1.54) is 18.2 Å². The van der Waals surface area contributed by atoms with E-state index >= 15 is 0 Å². The summed E-state index contributed by atoms with van der Waals surface area (Å²) in [6.07, 6.45) is 0. The van der Waals surface area contributed by atoms with Crippen LogP contribution >= 0.6 is 22.9 Å². The first-order chi connectivity index (χ1) is 11.0. The molecular formula is C15H14ClFN2O2S2. The van der Waals surface area contributed by atoms with Crippen LogP contribution < -0.4 is 5.32 Å². The number of rotatable bonds is 2. The smallest absolute Gasteiger partial charge is 0.321 e. The number of halogens is 2. The third kappa shape index (κ3) is 3.73. The number of thiophene rings is 1. The molecule has 122 valence electrons. The minimum absolute atomic E-state index is 0.0426. The summed E-state index contributed by atoms with van der Waals surface area (Å²) in [5, 5.41) is 4.43. The Morgan fingerprint density at radius 1 is 1.43 bits per heavy atom. The zero-order valence-corrected chi connectivity index (χ0v) is 14.4. The Labute approximate surface area is 144 Å². The van der Waals surface area contributed by atoms with Gasteiger partial charge in [-0.1, -0.05) is 17.7 Å². The maximum absolute atomic E-state index is 13.2. The maximum Gasteiger partial charge on any atom is 0.321 e. The third-order valence-electron chi connectivity index (χ3n) is 3.58. The molecule has 1 aromatic heterocycles. The Bertz CT molecular complexity index is 739. The van der Waals surface area contributed by atoms with E-state index < -0.39 is 16.6 Å². The second-order valence-electron chi connectivity index (χ2n) is 5.09. The highest BCUT2D eigenvalue weighted by molar-refractivity contribution is 7.85. The van der Waals surface area contributed by atoms with Crippen LogP contribution in [0.5, 0.6) is 0 Å². The second-order valence-corrected chi connectivity index (χ2v) is 8.22. The van der Waals surface area contributed by atoms with Crippen LogP contribution in [-0.4, -0.2) is 34.0 Å². The predicted octanol–water partition coefficient (Wildman–Crippen LogP) is 3.88. The monoisotopic (exact) mass is 372 g/mol. The number of carbonyl (C=O) groups excluding carboxylic acids is 1. The van der Waals surface area contributed by atoms with Crippen molar-refractivity contribution in [3.05, 3.63) is 51.4 Å². The summed E-state index contributed by atoms with van der Waals surface area (Å²) in [5.74, 6) is -0.0871. The number of hydrogen-bond donors (Lipinski definition) is 1. The summed E-state index contributed by atoms with van der Waals surface area (Å²) in [7, 11) is -0.980. The molecule has 4 nitrogen and oxygen atoms in total. The van der Waals surface area contributed by atoms with Crippen molar-refractivity contribution >= 4 is 45.5 Å². The van der Waals surface area contributed by atoms with E-state index in [9.17, 15) is 13.4 Å². The minimum Gasteiger partial charge on any atom is -0.322 e. The highest BCUT2D eigenvalue weighted by Crippen LogP contribution is 2.29. The van der Waals surface area contributed by atoms with Gasteiger partial charge in [0, 0.05) is 40.2 Å². The van der Waals surface area contributed by atoms with Crippen LogP contribution in [0.3, 0.4) is 0 Å². The lowest BCUT2D eigenvalue weighted by Gasteiger charge is -2.31. The molecule has 1 saturated heterocycles. The largest absolute Gasteiger partial charge is 0.322 e. The van der Waals surface area contributed by atoms with Gasteiger partial charge in [0.25, 0.3) is 0 Å². The molecule has 2 amide bonds. The number of nitrogens with one attached hydrogen (secondary N) is 1. The molecule has 1 aliphatic heterocycles. The van der Waals surface area contributed by atoms with Crippen molar-refractivity contribution in [1.29, 1.82) is 0 Å². The summed E-state index contributed by atoms with van der Waals surface area (Å²) in [6.45, 7) is 0.823. The molecule has 2 atom stereocenters. The predicted molar refractivity (Wildman–Crippen MR) is 92.1 cm³/mol. The average molecular weight is 373 g/mol. The second kappa shape index (κ2) is 6.98. The van der Waals surface area contributed by atoms with Gasteiger partial charge >= 0.3 is 6.03 Å². The number of benzene rings is 1. The van der Waals surface area contributed by atoms with E-state index in [4.69, 9.17) is 11.6 Å². The van der Waals surface area contributed by atoms with Gasteiger partial charge in [-0.2, -0.15) is 0 Å². The topological polar surface area (TPSA) is 49.4 Å². The number of nitrogens with zero attached hydrogens (tertiary/aromatic N) is 1. The normalized spacial score (nSPS) is 21.2. The molecule has 1 fully saturated rings. The van der Waals surface area contributed by atoms with Gasteiger partial charge in [-0.15, -0.1) is 11.3 Å². The minimum atomic E-state index is -0.980. The van der Waals surface area contributed by atoms with Gasteiger partial charge in [0.2, 0.25) is 0 Å². The lowest BCUT2D eigenvalue weighted by atomic mass is 10.3. The summed E-state index contributed by atoms with van der Waals surface area (Å²) in [4.78, 5) is 15.0. The molecule has 2 aromatic rings. The molecule has 0 bridgehead atoms. The maximum atomic E-state index is 13.2. The molecule has 0 saturated carbocycles. The quantitative estimate of drug-likeness (QED) is 0.869. The molecule has 0 aliphatic carbocycles. The van der Waals surface area contributed by atoms with Crippen molar-refractivity contribution in [2.75, 3.05) is 24.2 Å². The van der Waals surface area contributed by atoms with E-state index in [-0.39, 0.29) is 16.3 Å². The lowest BCUT2D eigenvalue weighted by Crippen LogP contribution is -2.45. The Hall–Kier alpha value is -1.44. The molecule has 1 N–H and O–H groups in total. The first-order valence-corrected chi connectivity index (χ1v) is 9.60. The summed E-state index contributed by atoms with van der Waals surface area (Å²) in [5.41, 5.74) is 0.431. The number of carbonyl (C=O) groups is 1. The summed E-state index contributed by atoms with van der Waals surface area (Å²) >= 11 is 7.26. The number of amides is 2. The highest BCUT2D eigenvalue weighted by atomic mass is 35.5. The fraction of sp³-hybridized carbons (Fsp3) is 0.267. The Balaban J connectivity index is 1.69. The van der Waals surface area contributed by atoms with Crippen molar-refractivity contribution in [1.82, 2.24) is 4.90 Å². The Kier molecular flexibility index (Phi) is 4.99. The van der Waals surface area contributed by atoms with Crippen LogP contribution in [0.25, 0.3) is 0 Å². The van der Waals surface area contributed by atoms with Crippen LogP contribution in [-0.2, 0) is 10.8 Å². The first-order valence-electron chi connectivity index (χ1n) is 6.96. The van der Waals surface area contributed by atoms with Gasteiger partial charge < -0.3 is 10.2 Å². The van der Waals surface area contributed by atoms with E-state index in [1.54, 1.807) is 16.2 Å². The van der Waals surface area contributed by atoms with E-state index in [2.05, 4.69) is 5.32 Å².